The Balaban J connectivity index is 1.34. The minimum atomic E-state index is -2.46. The molecule has 0 bridgehead atoms. The van der Waals surface area contributed by atoms with Crippen LogP contribution in [0.4, 0.5) is 4.79 Å². The molecule has 2 saturated carbocycles. The largest absolute Gasteiger partial charge is 0.486 e. The van der Waals surface area contributed by atoms with Crippen molar-refractivity contribution in [3.05, 3.63) is 66.7 Å². The SMILES string of the molecule is C=CC1CC1(NC(=O)C1CC(Oc2nc(-c3ccc(C)cc3)cc3cc(OCP(C)(C)=O)ccc23)CN1C(=O)C(NC(=O)OC1CCCC1)C(C)(C)C)C(=O)O. The van der Waals surface area contributed by atoms with E-state index < -0.39 is 66.1 Å². The Morgan fingerprint density at radius 3 is 2.38 bits per heavy atom. The fraction of sp³-hybridized carbons (Fsp3) is 0.500. The molecule has 1 aromatic heterocycles. The zero-order chi connectivity index (χ0) is 40.6. The number of alkyl carbamates (subject to hydrolysis) is 1. The van der Waals surface area contributed by atoms with E-state index in [0.717, 1.165) is 42.2 Å². The molecule has 2 aliphatic carbocycles. The lowest BCUT2D eigenvalue weighted by atomic mass is 9.85. The van der Waals surface area contributed by atoms with Gasteiger partial charge in [0.2, 0.25) is 17.7 Å². The van der Waals surface area contributed by atoms with E-state index in [-0.39, 0.29) is 37.7 Å². The predicted molar refractivity (Wildman–Crippen MR) is 213 cm³/mol. The third-order valence-electron chi connectivity index (χ3n) is 10.8. The number of nitrogens with one attached hydrogen (secondary N) is 2. The summed E-state index contributed by atoms with van der Waals surface area (Å²) in [5.74, 6) is -2.02. The van der Waals surface area contributed by atoms with Crippen LogP contribution in [0.15, 0.2) is 61.2 Å². The molecule has 1 aliphatic heterocycles. The fourth-order valence-corrected chi connectivity index (χ4v) is 7.92. The first-order valence-corrected chi connectivity index (χ1v) is 22.0. The number of carboxylic acid groups (broad SMARTS) is 1. The van der Waals surface area contributed by atoms with Gasteiger partial charge in [0, 0.05) is 23.3 Å². The maximum Gasteiger partial charge on any atom is 0.408 e. The Morgan fingerprint density at radius 2 is 1.77 bits per heavy atom. The smallest absolute Gasteiger partial charge is 0.408 e. The van der Waals surface area contributed by atoms with E-state index in [1.807, 2.05) is 64.1 Å². The van der Waals surface area contributed by atoms with Crippen molar-refractivity contribution >= 4 is 41.8 Å². The highest BCUT2D eigenvalue weighted by atomic mass is 31.2. The first kappa shape index (κ1) is 40.8. The van der Waals surface area contributed by atoms with E-state index in [9.17, 15) is 28.8 Å². The second kappa shape index (κ2) is 15.9. The second-order valence-corrected chi connectivity index (χ2v) is 20.4. The highest BCUT2D eigenvalue weighted by Gasteiger charge is 2.61. The maximum absolute atomic E-state index is 14.6. The molecule has 13 nitrogen and oxygen atoms in total. The van der Waals surface area contributed by atoms with E-state index >= 15 is 0 Å². The molecule has 3 aromatic rings. The second-order valence-electron chi connectivity index (χ2n) is 17.0. The number of hydrogen-bond donors (Lipinski definition) is 3. The Kier molecular flexibility index (Phi) is 11.6. The van der Waals surface area contributed by atoms with Gasteiger partial charge in [0.15, 0.2) is 0 Å². The van der Waals surface area contributed by atoms with Gasteiger partial charge in [0.1, 0.15) is 49.1 Å². The minimum absolute atomic E-state index is 0.0246. The Bertz CT molecular complexity index is 2050. The zero-order valence-electron chi connectivity index (χ0n) is 33.0. The van der Waals surface area contributed by atoms with Gasteiger partial charge >= 0.3 is 12.1 Å². The quantitative estimate of drug-likeness (QED) is 0.124. The average molecular weight is 789 g/mol. The molecule has 3 aliphatic rings. The number of carboxylic acids is 1. The third-order valence-corrected chi connectivity index (χ3v) is 11.5. The summed E-state index contributed by atoms with van der Waals surface area (Å²) in [5.41, 5.74) is 0.219. The molecule has 2 heterocycles. The summed E-state index contributed by atoms with van der Waals surface area (Å²) in [4.78, 5) is 60.5. The normalized spacial score (nSPS) is 23.0. The first-order valence-electron chi connectivity index (χ1n) is 19.2. The molecule has 5 unspecified atom stereocenters. The van der Waals surface area contributed by atoms with Crippen LogP contribution in [-0.2, 0) is 23.7 Å². The van der Waals surface area contributed by atoms with Crippen LogP contribution in [0.2, 0.25) is 0 Å². The molecule has 1 saturated heterocycles. The number of aromatic nitrogens is 1. The number of hydrogen-bond acceptors (Lipinski definition) is 9. The van der Waals surface area contributed by atoms with Crippen LogP contribution in [-0.4, -0.2) is 94.9 Å². The number of amides is 3. The Hall–Kier alpha value is -4.90. The summed E-state index contributed by atoms with van der Waals surface area (Å²) in [6.07, 6.45) is 3.55. The number of pyridine rings is 1. The van der Waals surface area contributed by atoms with Crippen molar-refractivity contribution < 1.29 is 43.1 Å². The van der Waals surface area contributed by atoms with Crippen LogP contribution in [0.1, 0.15) is 64.9 Å². The summed E-state index contributed by atoms with van der Waals surface area (Å²) in [6, 6.07) is 13.0. The highest BCUT2D eigenvalue weighted by Crippen LogP contribution is 2.45. The topological polar surface area (TPSA) is 173 Å². The van der Waals surface area contributed by atoms with E-state index in [1.165, 1.54) is 11.0 Å². The molecule has 300 valence electrons. The number of aliphatic carboxylic acids is 1. The summed E-state index contributed by atoms with van der Waals surface area (Å²) in [5, 5.41) is 17.0. The number of fused-ring (bicyclic) bond motifs is 1. The van der Waals surface area contributed by atoms with Crippen LogP contribution >= 0.6 is 7.14 Å². The van der Waals surface area contributed by atoms with Gasteiger partial charge in [-0.1, -0.05) is 56.7 Å². The van der Waals surface area contributed by atoms with Gasteiger partial charge in [-0.2, -0.15) is 0 Å². The molecule has 6 rings (SSSR count). The number of benzene rings is 2. The van der Waals surface area contributed by atoms with Gasteiger partial charge in [0.05, 0.1) is 12.2 Å². The van der Waals surface area contributed by atoms with Crippen molar-refractivity contribution in [2.45, 2.75) is 96.1 Å². The summed E-state index contributed by atoms with van der Waals surface area (Å²) >= 11 is 0. The number of nitrogens with zero attached hydrogens (tertiary/aromatic N) is 2. The van der Waals surface area contributed by atoms with E-state index in [4.69, 9.17) is 19.2 Å². The number of carbonyl (C=O) groups excluding carboxylic acids is 3. The van der Waals surface area contributed by atoms with E-state index in [2.05, 4.69) is 17.2 Å². The maximum atomic E-state index is 14.6. The molecule has 3 fully saturated rings. The molecular weight excluding hydrogens is 735 g/mol. The average Bonchev–Trinajstić information content (AvgIpc) is 3.39. The van der Waals surface area contributed by atoms with E-state index in [0.29, 0.717) is 16.8 Å². The van der Waals surface area contributed by atoms with Crippen molar-refractivity contribution in [3.63, 3.8) is 0 Å². The molecule has 3 amide bonds. The molecule has 5 atom stereocenters. The highest BCUT2D eigenvalue weighted by molar-refractivity contribution is 7.62. The molecule has 3 N–H and O–H groups in total. The lowest BCUT2D eigenvalue weighted by Crippen LogP contribution is -2.59. The van der Waals surface area contributed by atoms with Gasteiger partial charge in [-0.25, -0.2) is 14.6 Å². The van der Waals surface area contributed by atoms with Crippen LogP contribution in [0, 0.1) is 18.3 Å². The molecule has 14 heteroatoms. The number of aryl methyl sites for hydroxylation is 1. The summed E-state index contributed by atoms with van der Waals surface area (Å²) < 4.78 is 30.6. The number of carbonyl (C=O) groups is 4. The first-order chi connectivity index (χ1) is 26.4. The molecule has 0 spiro atoms. The number of ether oxygens (including phenoxy) is 3. The van der Waals surface area contributed by atoms with Crippen molar-refractivity contribution in [2.75, 3.05) is 26.2 Å². The fourth-order valence-electron chi connectivity index (χ4n) is 7.46. The standard InChI is InChI=1S/C42H53N4O9P/c1-8-28-22-42(28,39(49)50)45-36(47)34-21-31(23-46(34)38(48)35(41(3,4)5)44-40(51)55-29-11-9-10-12-29)54-37-32-18-17-30(53-24-56(6,7)52)19-27(32)20-33(43-37)26-15-13-25(2)14-16-26/h8,13-20,28-29,31,34-35H,1,9-12,21-24H2,2-7H3,(H,44,51)(H,45,47)(H,49,50). The van der Waals surface area contributed by atoms with Gasteiger partial charge in [-0.05, 0) is 87.4 Å². The minimum Gasteiger partial charge on any atom is -0.486 e. The van der Waals surface area contributed by atoms with Gasteiger partial charge in [-0.15, -0.1) is 6.58 Å². The Morgan fingerprint density at radius 1 is 1.07 bits per heavy atom. The van der Waals surface area contributed by atoms with Gasteiger partial charge in [0.25, 0.3) is 0 Å². The van der Waals surface area contributed by atoms with Gasteiger partial charge in [-0.3, -0.25) is 9.59 Å². The van der Waals surface area contributed by atoms with Crippen molar-refractivity contribution in [3.8, 4) is 22.9 Å². The molecule has 2 aromatic carbocycles. The monoisotopic (exact) mass is 788 g/mol. The summed E-state index contributed by atoms with van der Waals surface area (Å²) in [7, 11) is -2.46. The van der Waals surface area contributed by atoms with E-state index in [1.54, 1.807) is 25.5 Å². The molecular formula is C42H53N4O9P. The predicted octanol–water partition coefficient (Wildman–Crippen LogP) is 6.75. The van der Waals surface area contributed by atoms with Crippen LogP contribution in [0.3, 0.4) is 0 Å². The number of rotatable bonds is 13. The van der Waals surface area contributed by atoms with Crippen molar-refractivity contribution in [1.29, 1.82) is 0 Å². The van der Waals surface area contributed by atoms with Crippen LogP contribution in [0.5, 0.6) is 11.6 Å². The lowest BCUT2D eigenvalue weighted by molar-refractivity contribution is -0.146. The summed E-state index contributed by atoms with van der Waals surface area (Å²) in [6.45, 7) is 14.4. The molecule has 0 radical (unpaired) electrons. The van der Waals surface area contributed by atoms with Gasteiger partial charge < -0.3 is 39.4 Å². The van der Waals surface area contributed by atoms with Crippen LogP contribution in [0.25, 0.3) is 22.0 Å². The zero-order valence-corrected chi connectivity index (χ0v) is 33.9. The third kappa shape index (κ3) is 9.20. The Labute approximate surface area is 327 Å². The number of likely N-dealkylation sites (tertiary alicyclic amines) is 1. The van der Waals surface area contributed by atoms with Crippen LogP contribution < -0.4 is 20.1 Å². The molecule has 56 heavy (non-hydrogen) atoms. The lowest BCUT2D eigenvalue weighted by Gasteiger charge is -2.35. The van der Waals surface area contributed by atoms with Crippen molar-refractivity contribution in [1.82, 2.24) is 20.5 Å². The van der Waals surface area contributed by atoms with Crippen molar-refractivity contribution in [2.24, 2.45) is 11.3 Å².